The van der Waals surface area contributed by atoms with Gasteiger partial charge in [-0.2, -0.15) is 0 Å². The van der Waals surface area contributed by atoms with Gasteiger partial charge in [-0.1, -0.05) is 17.7 Å². The molecule has 5 nitrogen and oxygen atoms in total. The summed E-state index contributed by atoms with van der Waals surface area (Å²) in [5, 5.41) is 2.66. The minimum absolute atomic E-state index is 0.133. The Kier molecular flexibility index (Phi) is 7.74. The number of rotatable bonds is 7. The van der Waals surface area contributed by atoms with E-state index in [9.17, 15) is 9.59 Å². The lowest BCUT2D eigenvalue weighted by Gasteiger charge is -2.43. The number of hydrogen-bond donors (Lipinski definition) is 0. The van der Waals surface area contributed by atoms with Crippen molar-refractivity contribution in [2.75, 3.05) is 32.8 Å². The first-order valence-electron chi connectivity index (χ1n) is 11.5. The van der Waals surface area contributed by atoms with E-state index in [4.69, 9.17) is 16.3 Å². The van der Waals surface area contributed by atoms with Gasteiger partial charge in [-0.3, -0.25) is 9.59 Å². The molecule has 2 aliphatic heterocycles. The zero-order chi connectivity index (χ0) is 22.4. The zero-order valence-electron chi connectivity index (χ0n) is 18.4. The fourth-order valence-electron chi connectivity index (χ4n) is 4.75. The van der Waals surface area contributed by atoms with Crippen LogP contribution in [-0.2, 0) is 16.0 Å². The Hall–Kier alpha value is -2.05. The van der Waals surface area contributed by atoms with Crippen molar-refractivity contribution in [3.05, 3.63) is 51.7 Å². The maximum Gasteiger partial charge on any atom is 0.227 e. The second kappa shape index (κ2) is 10.7. The third-order valence-corrected chi connectivity index (χ3v) is 7.64. The van der Waals surface area contributed by atoms with Gasteiger partial charge in [0.2, 0.25) is 11.8 Å². The molecule has 1 atom stereocenters. The minimum atomic E-state index is -0.377. The number of carbonyl (C=O) groups excluding carboxylic acids is 2. The van der Waals surface area contributed by atoms with Crippen LogP contribution in [0.2, 0.25) is 5.02 Å². The molecule has 7 heteroatoms. The third-order valence-electron chi connectivity index (χ3n) is 6.51. The zero-order valence-corrected chi connectivity index (χ0v) is 20.0. The maximum absolute atomic E-state index is 13.2. The topological polar surface area (TPSA) is 49.9 Å². The predicted molar refractivity (Wildman–Crippen MR) is 128 cm³/mol. The molecule has 2 aromatic rings. The SMILES string of the molecule is O=C(CC1(COc2ccc(Cl)cc2)CCCN(C(=O)Cc2cccs2)C1)N1CCCCC1. The van der Waals surface area contributed by atoms with E-state index < -0.39 is 0 Å². The average molecular weight is 475 g/mol. The lowest BCUT2D eigenvalue weighted by Crippen LogP contribution is -2.51. The van der Waals surface area contributed by atoms with E-state index in [1.165, 1.54) is 6.42 Å². The van der Waals surface area contributed by atoms with Crippen molar-refractivity contribution >= 4 is 34.8 Å². The van der Waals surface area contributed by atoms with Crippen molar-refractivity contribution in [1.29, 1.82) is 0 Å². The average Bonchev–Trinajstić information content (AvgIpc) is 3.32. The molecule has 2 fully saturated rings. The second-order valence-corrected chi connectivity index (χ2v) is 10.5. The number of carbonyl (C=O) groups is 2. The van der Waals surface area contributed by atoms with Crippen LogP contribution in [0.5, 0.6) is 5.75 Å². The highest BCUT2D eigenvalue weighted by Gasteiger charge is 2.41. The number of benzene rings is 1. The van der Waals surface area contributed by atoms with Gasteiger partial charge in [-0.15, -0.1) is 11.3 Å². The van der Waals surface area contributed by atoms with Crippen molar-refractivity contribution in [2.24, 2.45) is 5.41 Å². The largest absolute Gasteiger partial charge is 0.493 e. The molecule has 4 rings (SSSR count). The van der Waals surface area contributed by atoms with Gasteiger partial charge in [-0.05, 0) is 67.8 Å². The Morgan fingerprint density at radius 3 is 2.44 bits per heavy atom. The van der Waals surface area contributed by atoms with Gasteiger partial charge in [0.25, 0.3) is 0 Å². The molecule has 2 saturated heterocycles. The van der Waals surface area contributed by atoms with Crippen LogP contribution in [0.4, 0.5) is 0 Å². The number of amides is 2. The number of thiophene rings is 1. The highest BCUT2D eigenvalue weighted by Crippen LogP contribution is 2.36. The molecule has 2 amide bonds. The number of piperidine rings is 2. The van der Waals surface area contributed by atoms with Crippen LogP contribution in [-0.4, -0.2) is 54.4 Å². The van der Waals surface area contributed by atoms with Crippen LogP contribution in [0.1, 0.15) is 43.4 Å². The first kappa shape index (κ1) is 23.1. The fraction of sp³-hybridized carbons (Fsp3) is 0.520. The molecular formula is C25H31ClN2O3S. The molecule has 0 aliphatic carbocycles. The van der Waals surface area contributed by atoms with E-state index in [1.54, 1.807) is 23.5 Å². The maximum atomic E-state index is 13.2. The van der Waals surface area contributed by atoms with Crippen LogP contribution in [0, 0.1) is 5.41 Å². The summed E-state index contributed by atoms with van der Waals surface area (Å²) in [6.07, 6.45) is 5.95. The molecular weight excluding hydrogens is 444 g/mol. The minimum Gasteiger partial charge on any atom is -0.493 e. The summed E-state index contributed by atoms with van der Waals surface area (Å²) in [4.78, 5) is 31.3. The van der Waals surface area contributed by atoms with Crippen molar-refractivity contribution in [3.63, 3.8) is 0 Å². The molecule has 172 valence electrons. The molecule has 0 spiro atoms. The second-order valence-electron chi connectivity index (χ2n) is 9.04. The van der Waals surface area contributed by atoms with Crippen molar-refractivity contribution in [3.8, 4) is 5.75 Å². The first-order valence-corrected chi connectivity index (χ1v) is 12.8. The van der Waals surface area contributed by atoms with Crippen LogP contribution in [0.15, 0.2) is 41.8 Å². The van der Waals surface area contributed by atoms with Crippen LogP contribution in [0.25, 0.3) is 0 Å². The predicted octanol–water partition coefficient (Wildman–Crippen LogP) is 5.03. The van der Waals surface area contributed by atoms with E-state index in [0.717, 1.165) is 55.9 Å². The van der Waals surface area contributed by atoms with Gasteiger partial charge in [0.05, 0.1) is 13.0 Å². The standard InChI is InChI=1S/C25H31ClN2O3S/c26-20-7-9-21(10-8-20)31-19-25(17-24(30)27-12-2-1-3-13-27)11-5-14-28(18-25)23(29)16-22-6-4-15-32-22/h4,6-10,15H,1-3,5,11-14,16-19H2. The van der Waals surface area contributed by atoms with Crippen LogP contribution < -0.4 is 4.74 Å². The molecule has 1 unspecified atom stereocenters. The quantitative estimate of drug-likeness (QED) is 0.565. The number of likely N-dealkylation sites (tertiary alicyclic amines) is 2. The molecule has 1 aromatic heterocycles. The number of hydrogen-bond acceptors (Lipinski definition) is 4. The molecule has 0 radical (unpaired) electrons. The Bertz CT molecular complexity index is 896. The third kappa shape index (κ3) is 6.04. The Labute approximate surface area is 199 Å². The van der Waals surface area contributed by atoms with Crippen LogP contribution in [0.3, 0.4) is 0 Å². The number of ether oxygens (including phenoxy) is 1. The fourth-order valence-corrected chi connectivity index (χ4v) is 5.57. The van der Waals surface area contributed by atoms with Gasteiger partial charge < -0.3 is 14.5 Å². The van der Waals surface area contributed by atoms with Gasteiger partial charge in [0.1, 0.15) is 5.75 Å². The van der Waals surface area contributed by atoms with Gasteiger partial charge in [0, 0.05) is 47.9 Å². The van der Waals surface area contributed by atoms with E-state index in [-0.39, 0.29) is 17.2 Å². The van der Waals surface area contributed by atoms with Crippen molar-refractivity contribution < 1.29 is 14.3 Å². The molecule has 2 aliphatic rings. The van der Waals surface area contributed by atoms with Gasteiger partial charge in [0.15, 0.2) is 0 Å². The summed E-state index contributed by atoms with van der Waals surface area (Å²) in [5.74, 6) is 1.06. The highest BCUT2D eigenvalue weighted by molar-refractivity contribution is 7.10. The normalized spacial score (nSPS) is 21.4. The molecule has 0 bridgehead atoms. The summed E-state index contributed by atoms with van der Waals surface area (Å²) >= 11 is 7.62. The summed E-state index contributed by atoms with van der Waals surface area (Å²) in [5.41, 5.74) is -0.377. The Morgan fingerprint density at radius 1 is 0.969 bits per heavy atom. The van der Waals surface area contributed by atoms with Gasteiger partial charge >= 0.3 is 0 Å². The molecule has 32 heavy (non-hydrogen) atoms. The molecule has 1 aromatic carbocycles. The van der Waals surface area contributed by atoms with E-state index in [2.05, 4.69) is 0 Å². The Balaban J connectivity index is 1.48. The monoisotopic (exact) mass is 474 g/mol. The number of nitrogens with zero attached hydrogens (tertiary/aromatic N) is 2. The van der Waals surface area contributed by atoms with Crippen molar-refractivity contribution in [1.82, 2.24) is 9.80 Å². The lowest BCUT2D eigenvalue weighted by molar-refractivity contribution is -0.141. The molecule has 0 N–H and O–H groups in total. The summed E-state index contributed by atoms with van der Waals surface area (Å²) in [6, 6.07) is 11.3. The van der Waals surface area contributed by atoms with E-state index in [1.807, 2.05) is 39.4 Å². The highest BCUT2D eigenvalue weighted by atomic mass is 35.5. The molecule has 0 saturated carbocycles. The summed E-state index contributed by atoms with van der Waals surface area (Å²) in [6.45, 7) is 3.40. The summed E-state index contributed by atoms with van der Waals surface area (Å²) < 4.78 is 6.16. The Morgan fingerprint density at radius 2 is 1.72 bits per heavy atom. The lowest BCUT2D eigenvalue weighted by atomic mass is 9.77. The van der Waals surface area contributed by atoms with Crippen molar-refractivity contribution in [2.45, 2.75) is 44.9 Å². The van der Waals surface area contributed by atoms with Crippen LogP contribution >= 0.6 is 22.9 Å². The molecule has 3 heterocycles. The first-order chi connectivity index (χ1) is 15.5. The van der Waals surface area contributed by atoms with E-state index >= 15 is 0 Å². The van der Waals surface area contributed by atoms with Gasteiger partial charge in [-0.25, -0.2) is 0 Å². The summed E-state index contributed by atoms with van der Waals surface area (Å²) in [7, 11) is 0. The number of halogens is 1. The smallest absolute Gasteiger partial charge is 0.227 e. The van der Waals surface area contributed by atoms with E-state index in [0.29, 0.717) is 31.0 Å².